The van der Waals surface area contributed by atoms with Gasteiger partial charge in [-0.2, -0.15) is 0 Å². The minimum Gasteiger partial charge on any atom is -0.502 e. The zero-order valence-corrected chi connectivity index (χ0v) is 16.7. The number of nitrogens with one attached hydrogen (secondary N) is 1. The molecule has 0 aliphatic heterocycles. The molecule has 0 amide bonds. The highest BCUT2D eigenvalue weighted by Crippen LogP contribution is 2.41. The van der Waals surface area contributed by atoms with E-state index >= 15 is 0 Å². The smallest absolute Gasteiger partial charge is 0.200 e. The highest BCUT2D eigenvalue weighted by molar-refractivity contribution is 6.30. The van der Waals surface area contributed by atoms with E-state index < -0.39 is 0 Å². The first-order valence-corrected chi connectivity index (χ1v) is 9.35. The molecule has 1 heterocycles. The van der Waals surface area contributed by atoms with Gasteiger partial charge in [0.2, 0.25) is 5.75 Å². The van der Waals surface area contributed by atoms with Crippen LogP contribution in [0, 0.1) is 0 Å². The van der Waals surface area contributed by atoms with Gasteiger partial charge < -0.3 is 19.6 Å². The van der Waals surface area contributed by atoms with Crippen LogP contribution in [0.3, 0.4) is 0 Å². The number of phenols is 1. The van der Waals surface area contributed by atoms with Gasteiger partial charge >= 0.3 is 0 Å². The minimum atomic E-state index is -0.0522. The molecule has 0 bridgehead atoms. The van der Waals surface area contributed by atoms with Crippen LogP contribution in [0.2, 0.25) is 5.02 Å². The summed E-state index contributed by atoms with van der Waals surface area (Å²) >= 11 is 6.21. The lowest BCUT2D eigenvalue weighted by atomic mass is 10.1. The molecular weight excluding hydrogens is 388 g/mol. The molecule has 2 N–H and O–H groups in total. The number of ether oxygens (including phenoxy) is 2. The summed E-state index contributed by atoms with van der Waals surface area (Å²) in [5, 5.41) is 10.8. The van der Waals surface area contributed by atoms with Crippen molar-refractivity contribution >= 4 is 11.6 Å². The number of methoxy groups -OCH3 is 2. The van der Waals surface area contributed by atoms with Crippen molar-refractivity contribution in [1.29, 1.82) is 0 Å². The van der Waals surface area contributed by atoms with E-state index in [2.05, 4.69) is 4.98 Å². The van der Waals surface area contributed by atoms with Gasteiger partial charge in [-0.3, -0.25) is 0 Å². The van der Waals surface area contributed by atoms with Crippen LogP contribution in [0.1, 0.15) is 0 Å². The highest BCUT2D eigenvalue weighted by Gasteiger charge is 2.18. The molecule has 5 nitrogen and oxygen atoms in total. The predicted octanol–water partition coefficient (Wildman–Crippen LogP) is 5.79. The number of hydrogen-bond acceptors (Lipinski definition) is 4. The van der Waals surface area contributed by atoms with Crippen LogP contribution in [0.4, 0.5) is 0 Å². The summed E-state index contributed by atoms with van der Waals surface area (Å²) in [5.74, 6) is 1.18. The zero-order valence-electron chi connectivity index (χ0n) is 15.9. The summed E-state index contributed by atoms with van der Waals surface area (Å²) in [5.41, 5.74) is 4.27. The number of halogens is 1. The van der Waals surface area contributed by atoms with Gasteiger partial charge in [-0.05, 0) is 24.3 Å². The third-order valence-electron chi connectivity index (χ3n) is 4.62. The Balaban J connectivity index is 1.93. The third kappa shape index (κ3) is 3.65. The van der Waals surface area contributed by atoms with Gasteiger partial charge in [-0.15, -0.1) is 0 Å². The first-order chi connectivity index (χ1) is 14.1. The molecule has 0 aliphatic rings. The van der Waals surface area contributed by atoms with Crippen molar-refractivity contribution in [3.8, 4) is 51.2 Å². The quantitative estimate of drug-likeness (QED) is 0.440. The second-order valence-electron chi connectivity index (χ2n) is 6.41. The third-order valence-corrected chi connectivity index (χ3v) is 4.85. The number of H-pyrrole nitrogens is 1. The fraction of sp³-hybridized carbons (Fsp3) is 0.0870. The van der Waals surface area contributed by atoms with Gasteiger partial charge in [-0.25, -0.2) is 4.98 Å². The molecule has 6 heteroatoms. The second-order valence-corrected chi connectivity index (χ2v) is 6.85. The minimum absolute atomic E-state index is 0.0522. The van der Waals surface area contributed by atoms with E-state index in [-0.39, 0.29) is 5.75 Å². The first kappa shape index (κ1) is 18.9. The average molecular weight is 407 g/mol. The van der Waals surface area contributed by atoms with Crippen LogP contribution in [0.25, 0.3) is 33.9 Å². The molecule has 3 aromatic carbocycles. The van der Waals surface area contributed by atoms with Gasteiger partial charge in [0.25, 0.3) is 0 Å². The van der Waals surface area contributed by atoms with E-state index in [4.69, 9.17) is 26.1 Å². The number of imidazole rings is 1. The Bertz CT molecular complexity index is 1130. The van der Waals surface area contributed by atoms with Crippen molar-refractivity contribution in [2.45, 2.75) is 0 Å². The molecule has 0 aliphatic carbocycles. The van der Waals surface area contributed by atoms with Crippen LogP contribution in [-0.4, -0.2) is 29.3 Å². The Kier molecular flexibility index (Phi) is 5.14. The number of hydrogen-bond donors (Lipinski definition) is 2. The molecular formula is C23H19ClN2O3. The molecule has 0 fully saturated rings. The van der Waals surface area contributed by atoms with Crippen molar-refractivity contribution in [2.75, 3.05) is 14.2 Å². The maximum absolute atomic E-state index is 10.2. The van der Waals surface area contributed by atoms with Crippen molar-refractivity contribution in [3.63, 3.8) is 0 Å². The molecule has 0 spiro atoms. The Morgan fingerprint density at radius 1 is 0.828 bits per heavy atom. The van der Waals surface area contributed by atoms with E-state index in [1.807, 2.05) is 54.6 Å². The summed E-state index contributed by atoms with van der Waals surface area (Å²) in [6.45, 7) is 0. The van der Waals surface area contributed by atoms with Gasteiger partial charge in [0, 0.05) is 21.7 Å². The highest BCUT2D eigenvalue weighted by atomic mass is 35.5. The number of nitrogens with zero attached hydrogens (tertiary/aromatic N) is 1. The number of phenolic OH excluding ortho intramolecular Hbond substituents is 1. The van der Waals surface area contributed by atoms with Crippen LogP contribution in [0.15, 0.2) is 66.7 Å². The second kappa shape index (κ2) is 7.89. The van der Waals surface area contributed by atoms with E-state index in [0.29, 0.717) is 22.3 Å². The van der Waals surface area contributed by atoms with E-state index in [1.54, 1.807) is 12.1 Å². The fourth-order valence-corrected chi connectivity index (χ4v) is 3.39. The molecule has 29 heavy (non-hydrogen) atoms. The van der Waals surface area contributed by atoms with Gasteiger partial charge in [0.15, 0.2) is 11.5 Å². The monoisotopic (exact) mass is 406 g/mol. The number of aromatic hydroxyl groups is 1. The lowest BCUT2D eigenvalue weighted by Gasteiger charge is -2.10. The fourth-order valence-electron chi connectivity index (χ4n) is 3.20. The molecule has 1 aromatic heterocycles. The molecule has 0 saturated carbocycles. The molecule has 0 radical (unpaired) electrons. The van der Waals surface area contributed by atoms with Crippen LogP contribution >= 0.6 is 11.6 Å². The number of aromatic nitrogens is 2. The van der Waals surface area contributed by atoms with Crippen LogP contribution in [-0.2, 0) is 0 Å². The Morgan fingerprint density at radius 3 is 2.10 bits per heavy atom. The predicted molar refractivity (Wildman–Crippen MR) is 115 cm³/mol. The standard InChI is InChI=1S/C23H19ClN2O3/c1-28-18-12-16(13-19(29-2)22(18)27)23-25-20(14-7-4-3-5-8-14)21(26-23)15-9-6-10-17(24)11-15/h3-13,27H,1-2H3,(H,25,26). The maximum Gasteiger partial charge on any atom is 0.200 e. The molecule has 4 aromatic rings. The zero-order chi connectivity index (χ0) is 20.4. The summed E-state index contributed by atoms with van der Waals surface area (Å²) in [6, 6.07) is 21.0. The van der Waals surface area contributed by atoms with Gasteiger partial charge in [0.05, 0.1) is 25.6 Å². The van der Waals surface area contributed by atoms with Gasteiger partial charge in [-0.1, -0.05) is 54.1 Å². The molecule has 0 atom stereocenters. The molecule has 146 valence electrons. The van der Waals surface area contributed by atoms with Crippen molar-refractivity contribution < 1.29 is 14.6 Å². The molecule has 0 unspecified atom stereocenters. The van der Waals surface area contributed by atoms with E-state index in [9.17, 15) is 5.11 Å². The lowest BCUT2D eigenvalue weighted by molar-refractivity contribution is 0.340. The number of aromatic amines is 1. The number of rotatable bonds is 5. The van der Waals surface area contributed by atoms with Crippen LogP contribution < -0.4 is 9.47 Å². The van der Waals surface area contributed by atoms with Gasteiger partial charge in [0.1, 0.15) is 5.82 Å². The van der Waals surface area contributed by atoms with Crippen molar-refractivity contribution in [2.24, 2.45) is 0 Å². The van der Waals surface area contributed by atoms with Crippen LogP contribution in [0.5, 0.6) is 17.2 Å². The summed E-state index contributed by atoms with van der Waals surface area (Å²) in [4.78, 5) is 8.25. The Labute approximate surface area is 173 Å². The normalized spacial score (nSPS) is 10.7. The summed E-state index contributed by atoms with van der Waals surface area (Å²) in [6.07, 6.45) is 0. The Morgan fingerprint density at radius 2 is 1.48 bits per heavy atom. The summed E-state index contributed by atoms with van der Waals surface area (Å²) < 4.78 is 10.6. The SMILES string of the molecule is COc1cc(-c2nc(-c3cccc(Cl)c3)c(-c3ccccc3)[nH]2)cc(OC)c1O. The lowest BCUT2D eigenvalue weighted by Crippen LogP contribution is -1.91. The molecule has 0 saturated heterocycles. The number of benzene rings is 3. The first-order valence-electron chi connectivity index (χ1n) is 8.97. The maximum atomic E-state index is 10.2. The van der Waals surface area contributed by atoms with E-state index in [1.165, 1.54) is 14.2 Å². The molecule has 4 rings (SSSR count). The topological polar surface area (TPSA) is 67.4 Å². The van der Waals surface area contributed by atoms with Crippen molar-refractivity contribution in [3.05, 3.63) is 71.8 Å². The van der Waals surface area contributed by atoms with E-state index in [0.717, 1.165) is 28.1 Å². The average Bonchev–Trinajstić information content (AvgIpc) is 3.20. The summed E-state index contributed by atoms with van der Waals surface area (Å²) in [7, 11) is 2.99. The Hall–Kier alpha value is -3.44. The largest absolute Gasteiger partial charge is 0.502 e. The van der Waals surface area contributed by atoms with Crippen molar-refractivity contribution in [1.82, 2.24) is 9.97 Å².